The first-order chi connectivity index (χ1) is 12.3. The second-order valence-corrected chi connectivity index (χ2v) is 6.91. The minimum Gasteiger partial charge on any atom is -0.281 e. The topological polar surface area (TPSA) is 34.0 Å². The van der Waals surface area contributed by atoms with Crippen molar-refractivity contribution in [1.29, 1.82) is 0 Å². The van der Waals surface area contributed by atoms with Crippen molar-refractivity contribution in [2.45, 2.75) is 32.0 Å². The van der Waals surface area contributed by atoms with Crippen LogP contribution in [0.25, 0.3) is 11.3 Å². The predicted octanol–water partition coefficient (Wildman–Crippen LogP) is 4.26. The zero-order valence-electron chi connectivity index (χ0n) is 14.1. The van der Waals surface area contributed by atoms with Gasteiger partial charge in [0.05, 0.1) is 12.4 Å². The van der Waals surface area contributed by atoms with Gasteiger partial charge < -0.3 is 0 Å². The highest BCUT2D eigenvalue weighted by Crippen LogP contribution is 2.26. The molecule has 1 atom stereocenters. The first-order valence-corrected chi connectivity index (χ1v) is 9.09. The second kappa shape index (κ2) is 7.38. The maximum Gasteiger partial charge on any atom is 0.0938 e. The third-order valence-electron chi connectivity index (χ3n) is 4.90. The number of likely N-dealkylation sites (tertiary alicyclic amines) is 1. The maximum absolute atomic E-state index is 6.36. The molecule has 5 heteroatoms. The molecule has 2 aromatic heterocycles. The molecule has 4 rings (SSSR count). The monoisotopic (exact) mass is 352 g/mol. The number of halogens is 1. The highest BCUT2D eigenvalue weighted by molar-refractivity contribution is 6.31. The minimum absolute atomic E-state index is 0.505. The van der Waals surface area contributed by atoms with E-state index in [-0.39, 0.29) is 0 Å². The molecular weight excluding hydrogens is 332 g/mol. The van der Waals surface area contributed by atoms with Crippen LogP contribution in [0, 0.1) is 0 Å². The first-order valence-electron chi connectivity index (χ1n) is 8.71. The molecule has 0 spiro atoms. The van der Waals surface area contributed by atoms with Gasteiger partial charge >= 0.3 is 0 Å². The lowest BCUT2D eigenvalue weighted by molar-refractivity contribution is 0.190. The minimum atomic E-state index is 0.505. The molecule has 0 N–H and O–H groups in total. The summed E-state index contributed by atoms with van der Waals surface area (Å²) in [5.74, 6) is 0. The van der Waals surface area contributed by atoms with Gasteiger partial charge in [-0.25, -0.2) is 0 Å². The average molecular weight is 353 g/mol. The number of aromatic nitrogens is 3. The zero-order valence-corrected chi connectivity index (χ0v) is 14.8. The fourth-order valence-electron chi connectivity index (χ4n) is 3.61. The van der Waals surface area contributed by atoms with E-state index >= 15 is 0 Å². The molecule has 4 nitrogen and oxygen atoms in total. The molecule has 0 bridgehead atoms. The third kappa shape index (κ3) is 3.60. The van der Waals surface area contributed by atoms with Gasteiger partial charge in [0.25, 0.3) is 0 Å². The van der Waals surface area contributed by atoms with Crippen LogP contribution in [0.15, 0.2) is 61.1 Å². The largest absolute Gasteiger partial charge is 0.281 e. The summed E-state index contributed by atoms with van der Waals surface area (Å²) in [7, 11) is 0. The van der Waals surface area contributed by atoms with Crippen molar-refractivity contribution in [2.75, 3.05) is 6.54 Å². The summed E-state index contributed by atoms with van der Waals surface area (Å²) in [4.78, 5) is 6.73. The molecule has 0 radical (unpaired) electrons. The predicted molar refractivity (Wildman–Crippen MR) is 100 cm³/mol. The normalized spacial score (nSPS) is 17.9. The Hall–Kier alpha value is -2.17. The summed E-state index contributed by atoms with van der Waals surface area (Å²) in [6.45, 7) is 1.90. The molecular formula is C20H21ClN4. The van der Waals surface area contributed by atoms with E-state index in [0.29, 0.717) is 6.04 Å². The van der Waals surface area contributed by atoms with Crippen molar-refractivity contribution < 1.29 is 0 Å². The van der Waals surface area contributed by atoms with Gasteiger partial charge in [0.15, 0.2) is 0 Å². The smallest absolute Gasteiger partial charge is 0.0938 e. The van der Waals surface area contributed by atoms with Gasteiger partial charge in [-0.1, -0.05) is 29.8 Å². The van der Waals surface area contributed by atoms with E-state index in [4.69, 9.17) is 11.6 Å². The summed E-state index contributed by atoms with van der Waals surface area (Å²) in [5.41, 5.74) is 3.44. The molecule has 0 amide bonds. The summed E-state index contributed by atoms with van der Waals surface area (Å²) in [6, 6.07) is 14.8. The molecule has 3 aromatic rings. The molecule has 3 heterocycles. The van der Waals surface area contributed by atoms with E-state index in [1.165, 1.54) is 18.4 Å². The van der Waals surface area contributed by atoms with Crippen LogP contribution < -0.4 is 0 Å². The Kier molecular flexibility index (Phi) is 4.81. The number of rotatable bonds is 5. The molecule has 128 valence electrons. The Bertz CT molecular complexity index is 830. The van der Waals surface area contributed by atoms with E-state index in [0.717, 1.165) is 35.9 Å². The van der Waals surface area contributed by atoms with Gasteiger partial charge in [-0.3, -0.25) is 14.6 Å². The Morgan fingerprint density at radius 3 is 2.84 bits per heavy atom. The Balaban J connectivity index is 1.51. The SMILES string of the molecule is Clc1ccccc1CC1CCCN1Cn1nccc1-c1cccnc1. The highest BCUT2D eigenvalue weighted by atomic mass is 35.5. The van der Waals surface area contributed by atoms with Gasteiger partial charge in [-0.2, -0.15) is 5.10 Å². The Morgan fingerprint density at radius 1 is 1.08 bits per heavy atom. The lowest BCUT2D eigenvalue weighted by Gasteiger charge is -2.25. The molecule has 0 aliphatic carbocycles. The van der Waals surface area contributed by atoms with Crippen LogP contribution in [0.3, 0.4) is 0 Å². The van der Waals surface area contributed by atoms with Gasteiger partial charge in [0.2, 0.25) is 0 Å². The Morgan fingerprint density at radius 2 is 2.00 bits per heavy atom. The average Bonchev–Trinajstić information content (AvgIpc) is 3.28. The number of hydrogen-bond donors (Lipinski definition) is 0. The van der Waals surface area contributed by atoms with Crippen molar-refractivity contribution >= 4 is 11.6 Å². The molecule has 0 saturated carbocycles. The van der Waals surface area contributed by atoms with E-state index in [1.54, 1.807) is 6.20 Å². The maximum atomic E-state index is 6.36. The number of pyridine rings is 1. The molecule has 1 aliphatic rings. The fraction of sp³-hybridized carbons (Fsp3) is 0.300. The van der Waals surface area contributed by atoms with Crippen molar-refractivity contribution in [3.63, 3.8) is 0 Å². The summed E-state index contributed by atoms with van der Waals surface area (Å²) in [6.07, 6.45) is 8.96. The van der Waals surface area contributed by atoms with Gasteiger partial charge in [0, 0.05) is 41.8 Å². The standard InChI is InChI=1S/C20H21ClN4/c21-19-8-2-1-5-16(19)13-18-7-4-12-24(18)15-25-20(9-11-23-25)17-6-3-10-22-14-17/h1-3,5-6,8-11,14,18H,4,7,12-13,15H2. The van der Waals surface area contributed by atoms with Crippen LogP contribution >= 0.6 is 11.6 Å². The molecule has 25 heavy (non-hydrogen) atoms. The van der Waals surface area contributed by atoms with Crippen LogP contribution in [0.4, 0.5) is 0 Å². The molecule has 1 unspecified atom stereocenters. The van der Waals surface area contributed by atoms with Crippen molar-refractivity contribution in [2.24, 2.45) is 0 Å². The van der Waals surface area contributed by atoms with Crippen LogP contribution in [0.1, 0.15) is 18.4 Å². The van der Waals surface area contributed by atoms with Crippen LogP contribution in [0.2, 0.25) is 5.02 Å². The second-order valence-electron chi connectivity index (χ2n) is 6.50. The van der Waals surface area contributed by atoms with E-state index in [9.17, 15) is 0 Å². The van der Waals surface area contributed by atoms with Crippen molar-refractivity contribution in [3.05, 3.63) is 71.6 Å². The molecule has 1 fully saturated rings. The first kappa shape index (κ1) is 16.3. The third-order valence-corrected chi connectivity index (χ3v) is 5.27. The summed E-state index contributed by atoms with van der Waals surface area (Å²) >= 11 is 6.36. The van der Waals surface area contributed by atoms with Crippen LogP contribution in [0.5, 0.6) is 0 Å². The highest BCUT2D eigenvalue weighted by Gasteiger charge is 2.26. The lowest BCUT2D eigenvalue weighted by atomic mass is 10.0. The number of hydrogen-bond acceptors (Lipinski definition) is 3. The molecule has 1 aromatic carbocycles. The van der Waals surface area contributed by atoms with E-state index < -0.39 is 0 Å². The lowest BCUT2D eigenvalue weighted by Crippen LogP contribution is -2.33. The molecule has 1 saturated heterocycles. The Labute approximate surface area is 153 Å². The number of benzene rings is 1. The van der Waals surface area contributed by atoms with E-state index in [2.05, 4.69) is 43.9 Å². The van der Waals surface area contributed by atoms with Gasteiger partial charge in [-0.05, 0) is 49.1 Å². The van der Waals surface area contributed by atoms with Gasteiger partial charge in [0.1, 0.15) is 0 Å². The van der Waals surface area contributed by atoms with Crippen LogP contribution in [-0.4, -0.2) is 32.3 Å². The van der Waals surface area contributed by atoms with Crippen molar-refractivity contribution in [1.82, 2.24) is 19.7 Å². The summed E-state index contributed by atoms with van der Waals surface area (Å²) in [5, 5.41) is 5.40. The quantitative estimate of drug-likeness (QED) is 0.688. The summed E-state index contributed by atoms with van der Waals surface area (Å²) < 4.78 is 2.07. The van der Waals surface area contributed by atoms with E-state index in [1.807, 2.05) is 30.6 Å². The van der Waals surface area contributed by atoms with Gasteiger partial charge in [-0.15, -0.1) is 0 Å². The zero-order chi connectivity index (χ0) is 17.1. The number of nitrogens with zero attached hydrogens (tertiary/aromatic N) is 4. The van der Waals surface area contributed by atoms with Crippen LogP contribution in [-0.2, 0) is 13.1 Å². The van der Waals surface area contributed by atoms with Crippen molar-refractivity contribution in [3.8, 4) is 11.3 Å². The fourth-order valence-corrected chi connectivity index (χ4v) is 3.82. The molecule has 1 aliphatic heterocycles.